The Morgan fingerprint density at radius 1 is 0.516 bits per heavy atom. The molecular weight excluding hydrogens is 1010 g/mol. The average Bonchev–Trinajstić information content (AvgIpc) is 4.07. The van der Waals surface area contributed by atoms with E-state index in [1.807, 2.05) is 65.1 Å². The predicted octanol–water partition coefficient (Wildman–Crippen LogP) is 11.6. The molecular formula is C42H58N2O10S8Si2. The van der Waals surface area contributed by atoms with Gasteiger partial charge in [0.2, 0.25) is 0 Å². The van der Waals surface area contributed by atoms with Crippen molar-refractivity contribution in [1.82, 2.24) is 10.6 Å². The van der Waals surface area contributed by atoms with E-state index in [0.29, 0.717) is 77.7 Å². The van der Waals surface area contributed by atoms with Gasteiger partial charge in [-0.3, -0.25) is 0 Å². The van der Waals surface area contributed by atoms with Crippen LogP contribution in [-0.4, -0.2) is 116 Å². The highest BCUT2D eigenvalue weighted by molar-refractivity contribution is 8.35. The van der Waals surface area contributed by atoms with Crippen molar-refractivity contribution in [2.75, 3.05) is 65.9 Å². The smallest absolute Gasteiger partial charge is 0.448 e. The summed E-state index contributed by atoms with van der Waals surface area (Å²) in [7, 11) is -5.71. The lowest BCUT2D eigenvalue weighted by Crippen LogP contribution is -2.76. The molecule has 2 amide bonds. The molecule has 7 rings (SSSR count). The van der Waals surface area contributed by atoms with E-state index in [1.54, 1.807) is 70.6 Å². The van der Waals surface area contributed by atoms with E-state index in [-0.39, 0.29) is 23.7 Å². The van der Waals surface area contributed by atoms with Crippen LogP contribution in [0, 0.1) is 0 Å². The molecule has 4 heterocycles. The minimum absolute atomic E-state index is 0.0859. The third-order valence-corrected chi connectivity index (χ3v) is 30.5. The lowest BCUT2D eigenvalue weighted by Gasteiger charge is -2.59. The molecule has 0 radical (unpaired) electrons. The number of rotatable bonds is 24. The number of fused-ring (bicyclic) bond motifs is 6. The fourth-order valence-corrected chi connectivity index (χ4v) is 27.6. The summed E-state index contributed by atoms with van der Waals surface area (Å²) in [5.41, 5.74) is 0. The van der Waals surface area contributed by atoms with E-state index in [1.165, 1.54) is 36.5 Å². The SMILES string of the molecule is CCO[Si](CCCNC(=O)OCC12SC(=C3Sc4ccccc4S3)SC1C1SC(=C3Sc4ccccc4S3)SC12COC(=O)NCCC[Si](OCC)(OCC)OCC)(OCC)OCC. The van der Waals surface area contributed by atoms with Gasteiger partial charge in [-0.2, -0.15) is 0 Å². The Morgan fingerprint density at radius 2 is 0.828 bits per heavy atom. The molecule has 2 saturated heterocycles. The monoisotopic (exact) mass is 1060 g/mol. The number of alkyl carbamates (subject to hydrolysis) is 2. The van der Waals surface area contributed by atoms with Gasteiger partial charge in [-0.25, -0.2) is 9.59 Å². The van der Waals surface area contributed by atoms with Gasteiger partial charge in [0.25, 0.3) is 0 Å². The zero-order valence-electron chi connectivity index (χ0n) is 37.0. The summed E-state index contributed by atoms with van der Waals surface area (Å²) in [6.07, 6.45) is 0.270. The van der Waals surface area contributed by atoms with Crippen LogP contribution in [0.5, 0.6) is 0 Å². The second-order valence-corrected chi connectivity index (χ2v) is 30.4. The zero-order valence-corrected chi connectivity index (χ0v) is 45.6. The number of thioether (sulfide) groups is 8. The van der Waals surface area contributed by atoms with Crippen molar-refractivity contribution < 1.29 is 45.6 Å². The minimum atomic E-state index is -2.86. The number of ether oxygens (including phenoxy) is 2. The first kappa shape index (κ1) is 51.3. The van der Waals surface area contributed by atoms with E-state index >= 15 is 0 Å². The Kier molecular flexibility index (Phi) is 19.1. The Balaban J connectivity index is 1.10. The van der Waals surface area contributed by atoms with Crippen LogP contribution in [0.3, 0.4) is 0 Å². The second kappa shape index (κ2) is 23.8. The molecule has 12 nitrogen and oxygen atoms in total. The molecule has 4 aliphatic heterocycles. The van der Waals surface area contributed by atoms with Crippen molar-refractivity contribution in [2.45, 2.75) is 106 Å². The molecule has 2 aromatic rings. The molecule has 352 valence electrons. The molecule has 0 spiro atoms. The molecule has 5 aliphatic rings. The van der Waals surface area contributed by atoms with E-state index in [4.69, 9.17) is 36.0 Å². The molecule has 22 heteroatoms. The number of hydrogen-bond acceptors (Lipinski definition) is 18. The number of carbonyl (C=O) groups excluding carboxylic acids is 2. The first-order valence-corrected chi connectivity index (χ1v) is 32.4. The maximum atomic E-state index is 13.7. The lowest BCUT2D eigenvalue weighted by atomic mass is 9.71. The summed E-state index contributed by atoms with van der Waals surface area (Å²) < 4.78 is 52.5. The maximum Gasteiger partial charge on any atom is 0.500 e. The van der Waals surface area contributed by atoms with E-state index in [0.717, 1.165) is 0 Å². The van der Waals surface area contributed by atoms with Crippen LogP contribution < -0.4 is 10.6 Å². The summed E-state index contributed by atoms with van der Waals surface area (Å²) in [5, 5.41) is 6.17. The highest BCUT2D eigenvalue weighted by Gasteiger charge is 2.80. The lowest BCUT2D eigenvalue weighted by molar-refractivity contribution is 0.0678. The second-order valence-electron chi connectivity index (χ2n) is 14.7. The zero-order chi connectivity index (χ0) is 45.2. The van der Waals surface area contributed by atoms with Gasteiger partial charge in [0.15, 0.2) is 0 Å². The molecule has 3 fully saturated rings. The summed E-state index contributed by atoms with van der Waals surface area (Å²) in [6, 6.07) is 18.2. The van der Waals surface area contributed by atoms with Gasteiger partial charge in [0.1, 0.15) is 13.2 Å². The fraction of sp³-hybridized carbons (Fsp3) is 0.571. The molecule has 0 aromatic heterocycles. The van der Waals surface area contributed by atoms with Crippen LogP contribution in [0.4, 0.5) is 9.59 Å². The maximum absolute atomic E-state index is 13.7. The summed E-state index contributed by atoms with van der Waals surface area (Å²) in [6.45, 7) is 15.7. The molecule has 64 heavy (non-hydrogen) atoms. The number of hydrogen-bond donors (Lipinski definition) is 2. The molecule has 2 aromatic carbocycles. The number of amides is 2. The number of carbonyl (C=O) groups is 2. The Hall–Kier alpha value is -0.546. The van der Waals surface area contributed by atoms with Crippen LogP contribution in [-0.2, 0) is 36.0 Å². The normalized spacial score (nSPS) is 23.4. The molecule has 1 aliphatic carbocycles. The van der Waals surface area contributed by atoms with Gasteiger partial charge < -0.3 is 46.7 Å². The first-order chi connectivity index (χ1) is 31.1. The van der Waals surface area contributed by atoms with Crippen LogP contribution >= 0.6 is 94.1 Å². The van der Waals surface area contributed by atoms with Gasteiger partial charge in [-0.1, -0.05) is 71.3 Å². The van der Waals surface area contributed by atoms with Crippen molar-refractivity contribution in [1.29, 1.82) is 0 Å². The molecule has 2 N–H and O–H groups in total. The molecule has 4 unspecified atom stereocenters. The average molecular weight is 1060 g/mol. The van der Waals surface area contributed by atoms with Crippen LogP contribution in [0.15, 0.2) is 85.1 Å². The van der Waals surface area contributed by atoms with Gasteiger partial charge in [0.05, 0.1) is 26.4 Å². The van der Waals surface area contributed by atoms with E-state index < -0.39 is 39.3 Å². The van der Waals surface area contributed by atoms with E-state index in [9.17, 15) is 9.59 Å². The van der Waals surface area contributed by atoms with Crippen LogP contribution in [0.1, 0.15) is 54.4 Å². The van der Waals surface area contributed by atoms with Crippen LogP contribution in [0.2, 0.25) is 12.1 Å². The number of benzene rings is 2. The van der Waals surface area contributed by atoms with Gasteiger partial charge in [-0.05, 0) is 78.6 Å². The molecule has 4 atom stereocenters. The van der Waals surface area contributed by atoms with Gasteiger partial charge >= 0.3 is 29.8 Å². The summed E-state index contributed by atoms with van der Waals surface area (Å²) >= 11 is 14.6. The standard InChI is InChI=1S/C42H58N2O10S8Si2/c1-7-49-63(50-8-2,51-9-3)25-17-23-43-39(45)47-27-41-33(59-37(61-41)35-55-29-19-13-14-20-30(29)56-35)34-42(41,62-38(60-34)36-57-31-21-15-16-22-32(31)58-36)28-48-40(46)44-24-18-26-64(52-10-4,53-11-5)54-12-6/h13-16,19-22,33-34H,7-12,17-18,23-28H2,1-6H3,(H,43,45)(H,44,46). The Morgan fingerprint density at radius 3 is 1.12 bits per heavy atom. The van der Waals surface area contributed by atoms with Crippen LogP contribution in [0.25, 0.3) is 0 Å². The largest absolute Gasteiger partial charge is 0.500 e. The summed E-state index contributed by atoms with van der Waals surface area (Å²) in [4.78, 5) is 32.3. The highest BCUT2D eigenvalue weighted by Crippen LogP contribution is 2.81. The topological polar surface area (TPSA) is 132 Å². The Labute approximate surface area is 414 Å². The van der Waals surface area contributed by atoms with Crippen molar-refractivity contribution in [3.63, 3.8) is 0 Å². The molecule has 0 bridgehead atoms. The van der Waals surface area contributed by atoms with Crippen molar-refractivity contribution in [3.8, 4) is 0 Å². The predicted molar refractivity (Wildman–Crippen MR) is 273 cm³/mol. The summed E-state index contributed by atoms with van der Waals surface area (Å²) in [5.74, 6) is 0. The van der Waals surface area contributed by atoms with Crippen molar-refractivity contribution >= 4 is 124 Å². The fourth-order valence-electron chi connectivity index (χ4n) is 8.02. The van der Waals surface area contributed by atoms with Gasteiger partial charge in [-0.15, -0.1) is 47.0 Å². The highest BCUT2D eigenvalue weighted by atomic mass is 32.2. The quantitative estimate of drug-likeness (QED) is 0.0762. The third-order valence-electron chi connectivity index (χ3n) is 10.6. The Bertz CT molecular complexity index is 1800. The van der Waals surface area contributed by atoms with E-state index in [2.05, 4.69) is 59.2 Å². The minimum Gasteiger partial charge on any atom is -0.448 e. The molecule has 1 saturated carbocycles. The van der Waals surface area contributed by atoms with Crippen molar-refractivity contribution in [2.24, 2.45) is 0 Å². The first-order valence-electron chi connectivity index (χ1n) is 21.9. The third kappa shape index (κ3) is 11.4. The number of nitrogens with one attached hydrogen (secondary N) is 2. The van der Waals surface area contributed by atoms with Crippen molar-refractivity contribution in [3.05, 3.63) is 65.5 Å². The van der Waals surface area contributed by atoms with Gasteiger partial charge in [0, 0.05) is 94.9 Å².